The van der Waals surface area contributed by atoms with Crippen LogP contribution in [-0.2, 0) is 6.54 Å². The molecule has 0 unspecified atom stereocenters. The minimum atomic E-state index is 0.271. The maximum atomic E-state index is 5.53. The normalized spacial score (nSPS) is 19.1. The molecule has 2 rings (SSSR count). The number of nitrogens with zero attached hydrogens (tertiary/aromatic N) is 4. The Kier molecular flexibility index (Phi) is 3.82. The third-order valence-corrected chi connectivity index (χ3v) is 3.43. The van der Waals surface area contributed by atoms with Gasteiger partial charge in [0.1, 0.15) is 5.82 Å². The molecule has 5 heteroatoms. The predicted molar refractivity (Wildman–Crippen MR) is 73.0 cm³/mol. The van der Waals surface area contributed by atoms with E-state index >= 15 is 0 Å². The second-order valence-electron chi connectivity index (χ2n) is 5.87. The first-order chi connectivity index (χ1) is 8.45. The Balaban J connectivity index is 1.85. The van der Waals surface area contributed by atoms with Gasteiger partial charge in [0.25, 0.3) is 0 Å². The molecule has 18 heavy (non-hydrogen) atoms. The highest BCUT2D eigenvalue weighted by molar-refractivity contribution is 5.22. The molecule has 2 heterocycles. The Morgan fingerprint density at radius 2 is 1.78 bits per heavy atom. The molecule has 0 aliphatic carbocycles. The topological polar surface area (TPSA) is 58.3 Å². The van der Waals surface area contributed by atoms with Gasteiger partial charge in [-0.15, -0.1) is 0 Å². The van der Waals surface area contributed by atoms with Gasteiger partial charge in [-0.25, -0.2) is 4.98 Å². The van der Waals surface area contributed by atoms with E-state index in [1.807, 2.05) is 0 Å². The van der Waals surface area contributed by atoms with Gasteiger partial charge in [0, 0.05) is 38.3 Å². The number of nitrogen functional groups attached to an aromatic ring is 1. The lowest BCUT2D eigenvalue weighted by atomic mass is 10.0. The van der Waals surface area contributed by atoms with Crippen LogP contribution in [0.4, 0.5) is 5.82 Å². The van der Waals surface area contributed by atoms with Crippen LogP contribution in [0.1, 0.15) is 26.5 Å². The van der Waals surface area contributed by atoms with Crippen LogP contribution in [0.25, 0.3) is 0 Å². The molecule has 5 nitrogen and oxygen atoms in total. The minimum Gasteiger partial charge on any atom is -0.382 e. The van der Waals surface area contributed by atoms with Crippen molar-refractivity contribution in [1.82, 2.24) is 19.8 Å². The highest BCUT2D eigenvalue weighted by atomic mass is 15.3. The van der Waals surface area contributed by atoms with E-state index in [1.165, 1.54) is 0 Å². The molecule has 0 bridgehead atoms. The zero-order valence-corrected chi connectivity index (χ0v) is 11.6. The maximum Gasteiger partial charge on any atom is 0.141 e. The largest absolute Gasteiger partial charge is 0.382 e. The van der Waals surface area contributed by atoms with Gasteiger partial charge in [-0.2, -0.15) is 0 Å². The molecular formula is C13H23N5. The van der Waals surface area contributed by atoms with E-state index in [-0.39, 0.29) is 5.54 Å². The number of piperazine rings is 1. The zero-order chi connectivity index (χ0) is 13.2. The van der Waals surface area contributed by atoms with Crippen molar-refractivity contribution in [3.63, 3.8) is 0 Å². The van der Waals surface area contributed by atoms with E-state index in [2.05, 4.69) is 40.5 Å². The number of rotatable bonds is 2. The van der Waals surface area contributed by atoms with E-state index in [0.29, 0.717) is 5.82 Å². The third-order valence-electron chi connectivity index (χ3n) is 3.43. The molecule has 0 aromatic carbocycles. The SMILES string of the molecule is CC(C)(C)N1CCN(Cc2cnc(N)cn2)CC1. The Labute approximate surface area is 109 Å². The van der Waals surface area contributed by atoms with E-state index in [9.17, 15) is 0 Å². The van der Waals surface area contributed by atoms with Crippen LogP contribution in [0.3, 0.4) is 0 Å². The van der Waals surface area contributed by atoms with E-state index in [1.54, 1.807) is 12.4 Å². The maximum absolute atomic E-state index is 5.53. The molecule has 1 saturated heterocycles. The van der Waals surface area contributed by atoms with E-state index < -0.39 is 0 Å². The molecule has 0 saturated carbocycles. The van der Waals surface area contributed by atoms with Crippen LogP contribution in [0.5, 0.6) is 0 Å². The van der Waals surface area contributed by atoms with Crippen molar-refractivity contribution in [2.75, 3.05) is 31.9 Å². The first-order valence-corrected chi connectivity index (χ1v) is 6.49. The molecular weight excluding hydrogens is 226 g/mol. The van der Waals surface area contributed by atoms with Crippen molar-refractivity contribution in [2.45, 2.75) is 32.9 Å². The Morgan fingerprint density at radius 1 is 1.11 bits per heavy atom. The van der Waals surface area contributed by atoms with Crippen molar-refractivity contribution >= 4 is 5.82 Å². The van der Waals surface area contributed by atoms with Gasteiger partial charge in [0.2, 0.25) is 0 Å². The summed E-state index contributed by atoms with van der Waals surface area (Å²) in [7, 11) is 0. The molecule has 100 valence electrons. The fourth-order valence-electron chi connectivity index (χ4n) is 2.25. The predicted octanol–water partition coefficient (Wildman–Crippen LogP) is 0.975. The summed E-state index contributed by atoms with van der Waals surface area (Å²) in [6.07, 6.45) is 3.40. The number of hydrogen-bond acceptors (Lipinski definition) is 5. The number of nitrogens with two attached hydrogens (primary N) is 1. The van der Waals surface area contributed by atoms with E-state index in [4.69, 9.17) is 5.73 Å². The first kappa shape index (κ1) is 13.2. The molecule has 1 aromatic rings. The number of hydrogen-bond donors (Lipinski definition) is 1. The molecule has 0 atom stereocenters. The number of anilines is 1. The van der Waals surface area contributed by atoms with Gasteiger partial charge in [-0.3, -0.25) is 14.8 Å². The fourth-order valence-corrected chi connectivity index (χ4v) is 2.25. The quantitative estimate of drug-likeness (QED) is 0.846. The van der Waals surface area contributed by atoms with Crippen LogP contribution in [0.2, 0.25) is 0 Å². The molecule has 0 radical (unpaired) electrons. The summed E-state index contributed by atoms with van der Waals surface area (Å²) in [5, 5.41) is 0. The average molecular weight is 249 g/mol. The van der Waals surface area contributed by atoms with Gasteiger partial charge < -0.3 is 5.73 Å². The van der Waals surface area contributed by atoms with Gasteiger partial charge in [0.15, 0.2) is 0 Å². The first-order valence-electron chi connectivity index (χ1n) is 6.49. The third kappa shape index (κ3) is 3.40. The molecule has 1 aromatic heterocycles. The summed E-state index contributed by atoms with van der Waals surface area (Å²) in [4.78, 5) is 13.3. The fraction of sp³-hybridized carbons (Fsp3) is 0.692. The van der Waals surface area contributed by atoms with Gasteiger partial charge in [-0.1, -0.05) is 0 Å². The molecule has 1 aliphatic rings. The van der Waals surface area contributed by atoms with Crippen LogP contribution in [-0.4, -0.2) is 51.5 Å². The second kappa shape index (κ2) is 5.20. The van der Waals surface area contributed by atoms with Crippen LogP contribution >= 0.6 is 0 Å². The van der Waals surface area contributed by atoms with Crippen molar-refractivity contribution < 1.29 is 0 Å². The molecule has 0 amide bonds. The molecule has 1 fully saturated rings. The smallest absolute Gasteiger partial charge is 0.141 e. The summed E-state index contributed by atoms with van der Waals surface area (Å²) in [5.74, 6) is 0.483. The van der Waals surface area contributed by atoms with E-state index in [0.717, 1.165) is 38.4 Å². The highest BCUT2D eigenvalue weighted by Crippen LogP contribution is 2.16. The average Bonchev–Trinajstić information content (AvgIpc) is 2.32. The lowest BCUT2D eigenvalue weighted by molar-refractivity contribution is 0.0585. The molecule has 2 N–H and O–H groups in total. The van der Waals surface area contributed by atoms with Gasteiger partial charge >= 0.3 is 0 Å². The summed E-state index contributed by atoms with van der Waals surface area (Å²) in [6, 6.07) is 0. The molecule has 0 spiro atoms. The van der Waals surface area contributed by atoms with Crippen LogP contribution < -0.4 is 5.73 Å². The summed E-state index contributed by atoms with van der Waals surface area (Å²) in [5.41, 5.74) is 6.80. The van der Waals surface area contributed by atoms with Crippen LogP contribution in [0, 0.1) is 0 Å². The zero-order valence-electron chi connectivity index (χ0n) is 11.6. The Bertz CT molecular complexity index is 373. The standard InChI is InChI=1S/C13H23N5/c1-13(2,3)18-6-4-17(5-7-18)10-11-8-16-12(14)9-15-11/h8-9H,4-7,10H2,1-3H3,(H2,14,16). The molecule has 1 aliphatic heterocycles. The van der Waals surface area contributed by atoms with Crippen molar-refractivity contribution in [3.8, 4) is 0 Å². The lowest BCUT2D eigenvalue weighted by Gasteiger charge is -2.42. The summed E-state index contributed by atoms with van der Waals surface area (Å²) >= 11 is 0. The second-order valence-corrected chi connectivity index (χ2v) is 5.87. The van der Waals surface area contributed by atoms with Crippen molar-refractivity contribution in [2.24, 2.45) is 0 Å². The summed E-state index contributed by atoms with van der Waals surface area (Å²) < 4.78 is 0. The lowest BCUT2D eigenvalue weighted by Crippen LogP contribution is -2.53. The number of aromatic nitrogens is 2. The van der Waals surface area contributed by atoms with Crippen molar-refractivity contribution in [1.29, 1.82) is 0 Å². The van der Waals surface area contributed by atoms with Crippen molar-refractivity contribution in [3.05, 3.63) is 18.1 Å². The minimum absolute atomic E-state index is 0.271. The Morgan fingerprint density at radius 3 is 2.28 bits per heavy atom. The van der Waals surface area contributed by atoms with Gasteiger partial charge in [-0.05, 0) is 20.8 Å². The monoisotopic (exact) mass is 249 g/mol. The highest BCUT2D eigenvalue weighted by Gasteiger charge is 2.25. The van der Waals surface area contributed by atoms with Gasteiger partial charge in [0.05, 0.1) is 18.1 Å². The Hall–Kier alpha value is -1.20. The van der Waals surface area contributed by atoms with Crippen LogP contribution in [0.15, 0.2) is 12.4 Å². The summed E-state index contributed by atoms with van der Waals surface area (Å²) in [6.45, 7) is 12.1.